The molecule has 0 saturated carbocycles. The lowest BCUT2D eigenvalue weighted by Crippen LogP contribution is -2.56. The van der Waals surface area contributed by atoms with E-state index in [9.17, 15) is 18.8 Å². The number of rotatable bonds is 9. The molecule has 0 bridgehead atoms. The van der Waals surface area contributed by atoms with E-state index in [1.54, 1.807) is 31.8 Å². The molecule has 2 aliphatic heterocycles. The number of fused-ring (bicyclic) bond motifs is 1. The van der Waals surface area contributed by atoms with Crippen LogP contribution in [-0.4, -0.2) is 65.6 Å². The number of nitrogens with zero attached hydrogens (tertiary/aromatic N) is 2. The molecule has 182 valence electrons. The molecule has 0 aliphatic carbocycles. The van der Waals surface area contributed by atoms with Gasteiger partial charge >= 0.3 is 11.9 Å². The maximum Gasteiger partial charge on any atom is 0.501 e. The van der Waals surface area contributed by atoms with Crippen molar-refractivity contribution in [2.24, 2.45) is 0 Å². The zero-order chi connectivity index (χ0) is 24.9. The number of ether oxygens (including phenoxy) is 2. The molecule has 4 amide bonds. The lowest BCUT2D eigenvalue weighted by molar-refractivity contribution is -0.427. The first-order valence-corrected chi connectivity index (χ1v) is 11.9. The van der Waals surface area contributed by atoms with Gasteiger partial charge in [-0.2, -0.15) is 14.3 Å². The minimum Gasteiger partial charge on any atom is -0.493 e. The van der Waals surface area contributed by atoms with E-state index in [4.69, 9.17) is 9.47 Å². The van der Waals surface area contributed by atoms with Crippen molar-refractivity contribution in [2.45, 2.75) is 18.2 Å². The topological polar surface area (TPSA) is 88.0 Å². The van der Waals surface area contributed by atoms with Crippen LogP contribution < -0.4 is 14.8 Å². The fourth-order valence-electron chi connectivity index (χ4n) is 3.91. The van der Waals surface area contributed by atoms with E-state index in [2.05, 4.69) is 5.32 Å². The normalized spacial score (nSPS) is 17.0. The number of urea groups is 1. The van der Waals surface area contributed by atoms with Gasteiger partial charge in [0.15, 0.2) is 23.3 Å². The van der Waals surface area contributed by atoms with Crippen molar-refractivity contribution in [3.05, 3.63) is 70.9 Å². The summed E-state index contributed by atoms with van der Waals surface area (Å²) < 4.78 is 25.1. The molecule has 4 rings (SSSR count). The van der Waals surface area contributed by atoms with E-state index < -0.39 is 17.1 Å². The number of carbonyl (C=O) groups excluding carboxylic acids is 3. The Morgan fingerprint density at radius 3 is 2.51 bits per heavy atom. The maximum atomic E-state index is 13.3. The van der Waals surface area contributed by atoms with Gasteiger partial charge in [0.1, 0.15) is 18.1 Å². The standard InChI is InChI=1S/C25H24FN3O5S/c1-33-20-8-5-16(13-21(20)34-2)9-11-27-22(30)15-28-19-10-12-35-23(19)24(31)29(25(28)32)14-17-3-6-18(26)7-4-17/h3-8,10,12-13,23H,9,11,14-15H2,1-2H3/p+1. The molecule has 2 aliphatic rings. The number of benzene rings is 2. The predicted octanol–water partition coefficient (Wildman–Crippen LogP) is 2.75. The Balaban J connectivity index is 1.42. The summed E-state index contributed by atoms with van der Waals surface area (Å²) in [5.74, 6) is 0.135. The third-order valence-electron chi connectivity index (χ3n) is 5.73. The lowest BCUT2D eigenvalue weighted by Gasteiger charge is -2.24. The SMILES string of the molecule is COc1ccc(CCNC(=O)C[N+]2=C3C=CSC3C(=O)N(Cc3ccc(F)cc3)C2=O)cc1OC. The van der Waals surface area contributed by atoms with E-state index in [1.165, 1.54) is 40.6 Å². The van der Waals surface area contributed by atoms with Crippen LogP contribution in [0, 0.1) is 5.82 Å². The van der Waals surface area contributed by atoms with E-state index in [1.807, 2.05) is 12.1 Å². The van der Waals surface area contributed by atoms with Crippen LogP contribution in [0.3, 0.4) is 0 Å². The van der Waals surface area contributed by atoms with Crippen molar-refractivity contribution in [1.29, 1.82) is 0 Å². The van der Waals surface area contributed by atoms with E-state index in [0.29, 0.717) is 35.7 Å². The Labute approximate surface area is 206 Å². The molecule has 35 heavy (non-hydrogen) atoms. The lowest BCUT2D eigenvalue weighted by atomic mass is 10.1. The first-order chi connectivity index (χ1) is 16.9. The zero-order valence-electron chi connectivity index (χ0n) is 19.3. The highest BCUT2D eigenvalue weighted by atomic mass is 32.2. The molecule has 1 atom stereocenters. The fraction of sp³-hybridized carbons (Fsp3) is 0.280. The first-order valence-electron chi connectivity index (χ1n) is 10.9. The molecule has 10 heteroatoms. The van der Waals surface area contributed by atoms with Crippen LogP contribution in [0.5, 0.6) is 11.5 Å². The smallest absolute Gasteiger partial charge is 0.493 e. The van der Waals surface area contributed by atoms with E-state index in [-0.39, 0.29) is 24.9 Å². The van der Waals surface area contributed by atoms with Crippen molar-refractivity contribution >= 4 is 35.3 Å². The largest absolute Gasteiger partial charge is 0.501 e. The van der Waals surface area contributed by atoms with Crippen molar-refractivity contribution in [1.82, 2.24) is 10.2 Å². The number of hydrogen-bond donors (Lipinski definition) is 1. The highest BCUT2D eigenvalue weighted by Gasteiger charge is 2.49. The van der Waals surface area contributed by atoms with Gasteiger partial charge < -0.3 is 14.8 Å². The Morgan fingerprint density at radius 2 is 1.80 bits per heavy atom. The number of hydrogen-bond acceptors (Lipinski definition) is 6. The average molecular weight is 499 g/mol. The van der Waals surface area contributed by atoms with Crippen LogP contribution in [0.4, 0.5) is 9.18 Å². The van der Waals surface area contributed by atoms with Gasteiger partial charge in [-0.25, -0.2) is 9.18 Å². The molecule has 1 unspecified atom stereocenters. The third-order valence-corrected chi connectivity index (χ3v) is 6.73. The molecular weight excluding hydrogens is 473 g/mol. The summed E-state index contributed by atoms with van der Waals surface area (Å²) in [6, 6.07) is 10.6. The molecule has 8 nitrogen and oxygen atoms in total. The Morgan fingerprint density at radius 1 is 1.09 bits per heavy atom. The van der Waals surface area contributed by atoms with Gasteiger partial charge in [0.25, 0.3) is 5.91 Å². The number of amides is 4. The van der Waals surface area contributed by atoms with Crippen molar-refractivity contribution < 1.29 is 32.8 Å². The summed E-state index contributed by atoms with van der Waals surface area (Å²) in [4.78, 5) is 40.0. The van der Waals surface area contributed by atoms with Gasteiger partial charge in [-0.1, -0.05) is 18.2 Å². The van der Waals surface area contributed by atoms with Gasteiger partial charge in [-0.15, -0.1) is 11.8 Å². The average Bonchev–Trinajstić information content (AvgIpc) is 3.35. The Bertz CT molecular complexity index is 1210. The molecular formula is C25H25FN3O5S+. The van der Waals surface area contributed by atoms with Crippen molar-refractivity contribution in [3.8, 4) is 11.5 Å². The summed E-state index contributed by atoms with van der Waals surface area (Å²) in [7, 11) is 3.12. The minimum atomic E-state index is -0.590. The second-order valence-electron chi connectivity index (χ2n) is 7.95. The monoisotopic (exact) mass is 498 g/mol. The molecule has 0 saturated heterocycles. The first kappa shape index (κ1) is 24.5. The fourth-order valence-corrected chi connectivity index (χ4v) is 4.88. The Kier molecular flexibility index (Phi) is 7.50. The molecule has 1 N–H and O–H groups in total. The number of imide groups is 1. The summed E-state index contributed by atoms with van der Waals surface area (Å²) >= 11 is 1.29. The number of carbonyl (C=O) groups is 3. The maximum absolute atomic E-state index is 13.3. The van der Waals surface area contributed by atoms with E-state index >= 15 is 0 Å². The van der Waals surface area contributed by atoms with Crippen LogP contribution >= 0.6 is 11.8 Å². The zero-order valence-corrected chi connectivity index (χ0v) is 20.1. The van der Waals surface area contributed by atoms with Crippen LogP contribution in [0.1, 0.15) is 11.1 Å². The van der Waals surface area contributed by atoms with Crippen LogP contribution in [0.2, 0.25) is 0 Å². The van der Waals surface area contributed by atoms with E-state index in [0.717, 1.165) is 10.5 Å². The third kappa shape index (κ3) is 5.37. The van der Waals surface area contributed by atoms with Crippen LogP contribution in [-0.2, 0) is 22.6 Å². The summed E-state index contributed by atoms with van der Waals surface area (Å²) in [5.41, 5.74) is 2.07. The minimum absolute atomic E-state index is 0.000289. The van der Waals surface area contributed by atoms with Crippen molar-refractivity contribution in [3.63, 3.8) is 0 Å². The molecule has 2 aromatic rings. The number of allylic oxidation sites excluding steroid dienone is 1. The van der Waals surface area contributed by atoms with Crippen LogP contribution in [0.25, 0.3) is 0 Å². The number of methoxy groups -OCH3 is 2. The molecule has 0 fully saturated rings. The molecule has 2 aromatic carbocycles. The molecule has 0 spiro atoms. The second-order valence-corrected chi connectivity index (χ2v) is 8.97. The van der Waals surface area contributed by atoms with Gasteiger partial charge in [0.2, 0.25) is 0 Å². The predicted molar refractivity (Wildman–Crippen MR) is 129 cm³/mol. The second kappa shape index (κ2) is 10.7. The highest BCUT2D eigenvalue weighted by Crippen LogP contribution is 2.29. The Hall–Kier alpha value is -3.66. The van der Waals surface area contributed by atoms with Gasteiger partial charge in [0, 0.05) is 6.54 Å². The summed E-state index contributed by atoms with van der Waals surface area (Å²) in [5, 5.41) is 3.99. The van der Waals surface area contributed by atoms with Gasteiger partial charge in [-0.05, 0) is 53.3 Å². The molecule has 2 heterocycles. The van der Waals surface area contributed by atoms with Crippen LogP contribution in [0.15, 0.2) is 53.9 Å². The highest BCUT2D eigenvalue weighted by molar-refractivity contribution is 8.04. The van der Waals surface area contributed by atoms with Crippen molar-refractivity contribution in [2.75, 3.05) is 27.3 Å². The van der Waals surface area contributed by atoms with Gasteiger partial charge in [-0.3, -0.25) is 4.79 Å². The summed E-state index contributed by atoms with van der Waals surface area (Å²) in [6.07, 6.45) is 2.25. The summed E-state index contributed by atoms with van der Waals surface area (Å²) in [6.45, 7) is 0.145. The van der Waals surface area contributed by atoms with Gasteiger partial charge in [0.05, 0.1) is 14.2 Å². The number of thioether (sulfide) groups is 1. The molecule has 0 aromatic heterocycles. The quantitative estimate of drug-likeness (QED) is 0.535. The molecule has 0 radical (unpaired) electrons. The number of halogens is 1. The number of nitrogens with one attached hydrogen (secondary N) is 1.